The molecule has 5 heteroatoms. The van der Waals surface area contributed by atoms with Gasteiger partial charge in [0.2, 0.25) is 0 Å². The first kappa shape index (κ1) is 27.4. The molecule has 0 radical (unpaired) electrons. The third-order valence-electron chi connectivity index (χ3n) is 5.88. The van der Waals surface area contributed by atoms with Crippen LogP contribution in [-0.2, 0) is 23.7 Å². The molecule has 0 spiro atoms. The Bertz CT molecular complexity index is 422. The Morgan fingerprint density at radius 2 is 1.30 bits per heavy atom. The van der Waals surface area contributed by atoms with E-state index in [2.05, 4.69) is 12.8 Å². The van der Waals surface area contributed by atoms with Crippen LogP contribution < -0.4 is 0 Å². The molecule has 0 saturated carbocycles. The standard InChI is InChI=1S/C25H46O5/c1-5-7-8-9-10-11-12-13-14-15-17-23(29-21-27-4)25-19-18-24(30-25)22(16-6-2)28-20-26-3/h2,22-25H,5,7-21H2,1,3-4H3/t22-,23+,24-,25-/m1/s1. The first-order valence-electron chi connectivity index (χ1n) is 12.1. The van der Waals surface area contributed by atoms with Crippen molar-refractivity contribution >= 4 is 0 Å². The summed E-state index contributed by atoms with van der Waals surface area (Å²) in [5.41, 5.74) is 0. The van der Waals surface area contributed by atoms with Gasteiger partial charge in [-0.05, 0) is 19.3 Å². The highest BCUT2D eigenvalue weighted by Gasteiger charge is 2.36. The van der Waals surface area contributed by atoms with Crippen LogP contribution in [0, 0.1) is 12.3 Å². The maximum Gasteiger partial charge on any atom is 0.146 e. The van der Waals surface area contributed by atoms with Gasteiger partial charge in [0, 0.05) is 20.6 Å². The molecule has 4 atom stereocenters. The van der Waals surface area contributed by atoms with Gasteiger partial charge in [-0.2, -0.15) is 0 Å². The van der Waals surface area contributed by atoms with Crippen molar-refractivity contribution < 1.29 is 23.7 Å². The summed E-state index contributed by atoms with van der Waals surface area (Å²) in [7, 11) is 3.28. The van der Waals surface area contributed by atoms with Crippen LogP contribution in [0.25, 0.3) is 0 Å². The van der Waals surface area contributed by atoms with Crippen LogP contribution >= 0.6 is 0 Å². The second-order valence-corrected chi connectivity index (χ2v) is 8.39. The molecule has 1 heterocycles. The minimum atomic E-state index is -0.125. The first-order valence-corrected chi connectivity index (χ1v) is 12.1. The van der Waals surface area contributed by atoms with Crippen molar-refractivity contribution in [3.63, 3.8) is 0 Å². The maximum atomic E-state index is 6.32. The van der Waals surface area contributed by atoms with Crippen LogP contribution in [0.15, 0.2) is 0 Å². The molecule has 1 saturated heterocycles. The molecular formula is C25H46O5. The molecule has 0 amide bonds. The van der Waals surface area contributed by atoms with Crippen LogP contribution in [0.5, 0.6) is 0 Å². The predicted molar refractivity (Wildman–Crippen MR) is 121 cm³/mol. The van der Waals surface area contributed by atoms with Crippen molar-refractivity contribution in [1.82, 2.24) is 0 Å². The largest absolute Gasteiger partial charge is 0.370 e. The number of ether oxygens (including phenoxy) is 5. The Morgan fingerprint density at radius 1 is 0.800 bits per heavy atom. The van der Waals surface area contributed by atoms with E-state index in [-0.39, 0.29) is 31.2 Å². The third-order valence-corrected chi connectivity index (χ3v) is 5.88. The number of terminal acetylenes is 1. The van der Waals surface area contributed by atoms with Gasteiger partial charge < -0.3 is 23.7 Å². The highest BCUT2D eigenvalue weighted by molar-refractivity contribution is 4.93. The van der Waals surface area contributed by atoms with Gasteiger partial charge in [-0.3, -0.25) is 0 Å². The van der Waals surface area contributed by atoms with Gasteiger partial charge in [-0.1, -0.05) is 71.1 Å². The van der Waals surface area contributed by atoms with Crippen molar-refractivity contribution in [3.8, 4) is 12.3 Å². The molecule has 0 aromatic heterocycles. The normalized spacial score (nSPS) is 20.9. The van der Waals surface area contributed by atoms with Gasteiger partial charge in [0.1, 0.15) is 13.6 Å². The Kier molecular flexibility index (Phi) is 17.4. The molecule has 176 valence electrons. The van der Waals surface area contributed by atoms with Crippen LogP contribution in [0.4, 0.5) is 0 Å². The summed E-state index contributed by atoms with van der Waals surface area (Å²) in [6.45, 7) is 2.81. The number of methoxy groups -OCH3 is 2. The van der Waals surface area contributed by atoms with Crippen molar-refractivity contribution in [3.05, 3.63) is 0 Å². The minimum Gasteiger partial charge on any atom is -0.370 e. The van der Waals surface area contributed by atoms with Crippen LogP contribution in [0.2, 0.25) is 0 Å². The smallest absolute Gasteiger partial charge is 0.146 e. The van der Waals surface area contributed by atoms with Gasteiger partial charge >= 0.3 is 0 Å². The first-order chi connectivity index (χ1) is 14.8. The van der Waals surface area contributed by atoms with E-state index in [4.69, 9.17) is 30.1 Å². The molecule has 0 unspecified atom stereocenters. The van der Waals surface area contributed by atoms with Gasteiger partial charge in [-0.15, -0.1) is 12.3 Å². The van der Waals surface area contributed by atoms with E-state index < -0.39 is 0 Å². The SMILES string of the molecule is C#CC[C@@H](OCOC)[C@H]1CC[C@H]([C@H](CCCCCCCCCCCC)OCOC)O1. The van der Waals surface area contributed by atoms with Crippen LogP contribution in [0.1, 0.15) is 96.8 Å². The van der Waals surface area contributed by atoms with Crippen molar-refractivity contribution in [2.24, 2.45) is 0 Å². The molecule has 1 aliphatic rings. The number of hydrogen-bond donors (Lipinski definition) is 0. The lowest BCUT2D eigenvalue weighted by atomic mass is 10.0. The van der Waals surface area contributed by atoms with Crippen molar-refractivity contribution in [2.75, 3.05) is 27.8 Å². The fraction of sp³-hybridized carbons (Fsp3) is 0.920. The number of unbranched alkanes of at least 4 members (excludes halogenated alkanes) is 9. The number of hydrogen-bond acceptors (Lipinski definition) is 5. The monoisotopic (exact) mass is 426 g/mol. The Balaban J connectivity index is 2.29. The summed E-state index contributed by atoms with van der Waals surface area (Å²) in [4.78, 5) is 0. The Hall–Kier alpha value is -0.640. The van der Waals surface area contributed by atoms with E-state index >= 15 is 0 Å². The summed E-state index contributed by atoms with van der Waals surface area (Å²) < 4.78 is 28.2. The summed E-state index contributed by atoms with van der Waals surface area (Å²) in [5, 5.41) is 0. The van der Waals surface area contributed by atoms with Crippen molar-refractivity contribution in [1.29, 1.82) is 0 Å². The second kappa shape index (κ2) is 19.1. The minimum absolute atomic E-state index is 0.00236. The maximum absolute atomic E-state index is 6.32. The van der Waals surface area contributed by atoms with Gasteiger partial charge in [0.05, 0.1) is 24.4 Å². The zero-order chi connectivity index (χ0) is 21.9. The quantitative estimate of drug-likeness (QED) is 0.139. The summed E-state index contributed by atoms with van der Waals surface area (Å²) in [5.74, 6) is 2.69. The van der Waals surface area contributed by atoms with Gasteiger partial charge in [0.25, 0.3) is 0 Å². The van der Waals surface area contributed by atoms with E-state index in [1.54, 1.807) is 14.2 Å². The average molecular weight is 427 g/mol. The fourth-order valence-electron chi connectivity index (χ4n) is 4.17. The molecule has 1 fully saturated rings. The molecule has 30 heavy (non-hydrogen) atoms. The van der Waals surface area contributed by atoms with Gasteiger partial charge in [-0.25, -0.2) is 0 Å². The molecule has 0 bridgehead atoms. The fourth-order valence-corrected chi connectivity index (χ4v) is 4.17. The highest BCUT2D eigenvalue weighted by atomic mass is 16.7. The van der Waals surface area contributed by atoms with Crippen LogP contribution in [0.3, 0.4) is 0 Å². The third kappa shape index (κ3) is 12.3. The zero-order valence-electron chi connectivity index (χ0n) is 19.7. The molecule has 0 aliphatic carbocycles. The molecule has 0 N–H and O–H groups in total. The van der Waals surface area contributed by atoms with E-state index in [0.717, 1.165) is 19.3 Å². The Morgan fingerprint density at radius 3 is 1.83 bits per heavy atom. The summed E-state index contributed by atoms with van der Waals surface area (Å²) in [6.07, 6.45) is 22.3. The zero-order valence-corrected chi connectivity index (χ0v) is 19.7. The van der Waals surface area contributed by atoms with Crippen molar-refractivity contribution in [2.45, 2.75) is 121 Å². The Labute approximate surface area is 185 Å². The lowest BCUT2D eigenvalue weighted by Gasteiger charge is -2.26. The molecule has 5 nitrogen and oxygen atoms in total. The lowest BCUT2D eigenvalue weighted by Crippen LogP contribution is -2.34. The molecule has 0 aromatic carbocycles. The number of rotatable bonds is 20. The summed E-state index contributed by atoms with van der Waals surface area (Å²) in [6, 6.07) is 0. The topological polar surface area (TPSA) is 46.2 Å². The van der Waals surface area contributed by atoms with E-state index in [1.807, 2.05) is 0 Å². The average Bonchev–Trinajstić information content (AvgIpc) is 3.24. The molecule has 1 rings (SSSR count). The second-order valence-electron chi connectivity index (χ2n) is 8.39. The van der Waals surface area contributed by atoms with E-state index in [0.29, 0.717) is 13.2 Å². The van der Waals surface area contributed by atoms with E-state index in [1.165, 1.54) is 64.2 Å². The predicted octanol–water partition coefficient (Wildman–Crippen LogP) is 5.85. The molecule has 1 aliphatic heterocycles. The molecule has 0 aromatic rings. The van der Waals surface area contributed by atoms with E-state index in [9.17, 15) is 0 Å². The highest BCUT2D eigenvalue weighted by Crippen LogP contribution is 2.30. The molecular weight excluding hydrogens is 380 g/mol. The van der Waals surface area contributed by atoms with Crippen LogP contribution in [-0.4, -0.2) is 52.2 Å². The lowest BCUT2D eigenvalue weighted by molar-refractivity contribution is -0.156. The van der Waals surface area contributed by atoms with Gasteiger partial charge in [0.15, 0.2) is 0 Å². The summed E-state index contributed by atoms with van der Waals surface area (Å²) >= 11 is 0.